The molecule has 13 heavy (non-hydrogen) atoms. The topological polar surface area (TPSA) is 52.3 Å². The molecule has 3 heteroatoms. The number of ether oxygens (including phenoxy) is 1. The molecule has 0 spiro atoms. The molecule has 0 bridgehead atoms. The molecule has 0 aromatic carbocycles. The van der Waals surface area contributed by atoms with E-state index in [0.717, 1.165) is 6.42 Å². The van der Waals surface area contributed by atoms with Crippen LogP contribution >= 0.6 is 0 Å². The molecule has 0 unspecified atom stereocenters. The molecule has 0 rings (SSSR count). The Morgan fingerprint density at radius 2 is 2.00 bits per heavy atom. The van der Waals surface area contributed by atoms with Gasteiger partial charge in [0.1, 0.15) is 0 Å². The zero-order chi connectivity index (χ0) is 10.5. The lowest BCUT2D eigenvalue weighted by molar-refractivity contribution is 0.158. The first-order valence-corrected chi connectivity index (χ1v) is 4.42. The van der Waals surface area contributed by atoms with Crippen molar-refractivity contribution in [3.05, 3.63) is 11.6 Å². The monoisotopic (exact) mass is 185 g/mol. The molecular weight excluding hydrogens is 166 g/mol. The lowest BCUT2D eigenvalue weighted by atomic mass is 9.93. The van der Waals surface area contributed by atoms with Crippen molar-refractivity contribution in [1.29, 1.82) is 0 Å². The first-order chi connectivity index (χ1) is 5.81. The fourth-order valence-electron chi connectivity index (χ4n) is 1.12. The standard InChI is InChI=1S/C10H19NO2/c1-8(7-10(2,3)4)5-6-13-9(11)12/h7H,5-6H2,1-4H3,(H2,11,12)/b8-7+. The van der Waals surface area contributed by atoms with Crippen molar-refractivity contribution in [2.45, 2.75) is 34.1 Å². The fraction of sp³-hybridized carbons (Fsp3) is 0.700. The minimum Gasteiger partial charge on any atom is -0.449 e. The van der Waals surface area contributed by atoms with E-state index in [1.165, 1.54) is 5.57 Å². The summed E-state index contributed by atoms with van der Waals surface area (Å²) in [6.07, 6.45) is 2.21. The van der Waals surface area contributed by atoms with Gasteiger partial charge in [-0.25, -0.2) is 4.79 Å². The normalized spacial score (nSPS) is 12.8. The van der Waals surface area contributed by atoms with Crippen LogP contribution in [0.15, 0.2) is 11.6 Å². The van der Waals surface area contributed by atoms with Crippen molar-refractivity contribution in [3.8, 4) is 0 Å². The van der Waals surface area contributed by atoms with Crippen molar-refractivity contribution in [3.63, 3.8) is 0 Å². The average molecular weight is 185 g/mol. The molecule has 0 radical (unpaired) electrons. The van der Waals surface area contributed by atoms with Crippen LogP contribution in [0.2, 0.25) is 0 Å². The van der Waals surface area contributed by atoms with Gasteiger partial charge in [0, 0.05) is 6.42 Å². The maximum Gasteiger partial charge on any atom is 0.404 e. The highest BCUT2D eigenvalue weighted by Gasteiger charge is 2.06. The number of primary amides is 1. The van der Waals surface area contributed by atoms with Crippen LogP contribution in [0.1, 0.15) is 34.1 Å². The molecule has 2 N–H and O–H groups in total. The Balaban J connectivity index is 3.81. The zero-order valence-electron chi connectivity index (χ0n) is 8.89. The highest BCUT2D eigenvalue weighted by atomic mass is 16.5. The third-order valence-electron chi connectivity index (χ3n) is 1.42. The van der Waals surface area contributed by atoms with Crippen LogP contribution in [-0.4, -0.2) is 12.7 Å². The lowest BCUT2D eigenvalue weighted by Gasteiger charge is -2.14. The first-order valence-electron chi connectivity index (χ1n) is 4.42. The Morgan fingerprint density at radius 3 is 2.38 bits per heavy atom. The van der Waals surface area contributed by atoms with E-state index in [2.05, 4.69) is 31.6 Å². The quantitative estimate of drug-likeness (QED) is 0.687. The van der Waals surface area contributed by atoms with E-state index in [4.69, 9.17) is 5.73 Å². The predicted molar refractivity (Wildman–Crippen MR) is 53.4 cm³/mol. The second-order valence-corrected chi connectivity index (χ2v) is 4.27. The summed E-state index contributed by atoms with van der Waals surface area (Å²) in [5.74, 6) is 0. The molecule has 0 aliphatic rings. The Kier molecular flexibility index (Phi) is 4.52. The van der Waals surface area contributed by atoms with Gasteiger partial charge in [0.2, 0.25) is 0 Å². The highest BCUT2D eigenvalue weighted by molar-refractivity contribution is 5.64. The van der Waals surface area contributed by atoms with Gasteiger partial charge in [-0.15, -0.1) is 0 Å². The van der Waals surface area contributed by atoms with Crippen LogP contribution in [0.25, 0.3) is 0 Å². The molecule has 0 fully saturated rings. The SMILES string of the molecule is C/C(=C\C(C)(C)C)CCOC(N)=O. The van der Waals surface area contributed by atoms with Gasteiger partial charge in [-0.1, -0.05) is 32.4 Å². The summed E-state index contributed by atoms with van der Waals surface area (Å²) < 4.78 is 4.63. The summed E-state index contributed by atoms with van der Waals surface area (Å²) in [5, 5.41) is 0. The van der Waals surface area contributed by atoms with E-state index in [0.29, 0.717) is 6.61 Å². The highest BCUT2D eigenvalue weighted by Crippen LogP contribution is 2.18. The Bertz CT molecular complexity index is 201. The molecule has 0 aliphatic carbocycles. The Morgan fingerprint density at radius 1 is 1.46 bits per heavy atom. The van der Waals surface area contributed by atoms with E-state index >= 15 is 0 Å². The van der Waals surface area contributed by atoms with Crippen molar-refractivity contribution >= 4 is 6.09 Å². The van der Waals surface area contributed by atoms with Crippen molar-refractivity contribution in [1.82, 2.24) is 0 Å². The summed E-state index contributed by atoms with van der Waals surface area (Å²) in [4.78, 5) is 10.2. The molecule has 0 aromatic heterocycles. The summed E-state index contributed by atoms with van der Waals surface area (Å²) in [5.41, 5.74) is 6.22. The van der Waals surface area contributed by atoms with Crippen molar-refractivity contribution in [2.75, 3.05) is 6.61 Å². The molecular formula is C10H19NO2. The van der Waals surface area contributed by atoms with Crippen LogP contribution < -0.4 is 5.73 Å². The first kappa shape index (κ1) is 12.0. The van der Waals surface area contributed by atoms with Gasteiger partial charge in [0.05, 0.1) is 6.61 Å². The second kappa shape index (κ2) is 4.90. The molecule has 76 valence electrons. The largest absolute Gasteiger partial charge is 0.449 e. The number of hydrogen-bond acceptors (Lipinski definition) is 2. The molecule has 0 saturated heterocycles. The number of hydrogen-bond donors (Lipinski definition) is 1. The third kappa shape index (κ3) is 8.92. The second-order valence-electron chi connectivity index (χ2n) is 4.27. The van der Waals surface area contributed by atoms with E-state index < -0.39 is 6.09 Å². The molecule has 0 aromatic rings. The maximum atomic E-state index is 10.2. The van der Waals surface area contributed by atoms with E-state index in [-0.39, 0.29) is 5.41 Å². The van der Waals surface area contributed by atoms with Crippen molar-refractivity contribution < 1.29 is 9.53 Å². The van der Waals surface area contributed by atoms with Gasteiger partial charge in [-0.3, -0.25) is 0 Å². The molecule has 1 amide bonds. The van der Waals surface area contributed by atoms with Gasteiger partial charge in [-0.2, -0.15) is 0 Å². The number of carbonyl (C=O) groups is 1. The number of carbonyl (C=O) groups excluding carboxylic acids is 1. The number of nitrogens with two attached hydrogens (primary N) is 1. The molecule has 3 nitrogen and oxygen atoms in total. The van der Waals surface area contributed by atoms with Crippen LogP contribution in [0, 0.1) is 5.41 Å². The number of allylic oxidation sites excluding steroid dienone is 1. The Hall–Kier alpha value is -0.990. The van der Waals surface area contributed by atoms with Crippen LogP contribution in [-0.2, 0) is 4.74 Å². The molecule has 0 heterocycles. The number of rotatable bonds is 3. The van der Waals surface area contributed by atoms with Gasteiger partial charge < -0.3 is 10.5 Å². The molecule has 0 aliphatic heterocycles. The Labute approximate surface area is 79.9 Å². The van der Waals surface area contributed by atoms with Crippen molar-refractivity contribution in [2.24, 2.45) is 11.1 Å². The van der Waals surface area contributed by atoms with Crippen LogP contribution in [0.4, 0.5) is 4.79 Å². The smallest absolute Gasteiger partial charge is 0.404 e. The van der Waals surface area contributed by atoms with E-state index in [1.807, 2.05) is 6.92 Å². The minimum atomic E-state index is -0.705. The minimum absolute atomic E-state index is 0.177. The average Bonchev–Trinajstić information content (AvgIpc) is 1.81. The summed E-state index contributed by atoms with van der Waals surface area (Å²) >= 11 is 0. The van der Waals surface area contributed by atoms with Crippen LogP contribution in [0.3, 0.4) is 0 Å². The van der Waals surface area contributed by atoms with Gasteiger partial charge in [0.15, 0.2) is 0 Å². The summed E-state index contributed by atoms with van der Waals surface area (Å²) in [6.45, 7) is 8.78. The third-order valence-corrected chi connectivity index (χ3v) is 1.42. The lowest BCUT2D eigenvalue weighted by Crippen LogP contribution is -2.14. The number of amides is 1. The predicted octanol–water partition coefficient (Wildman–Crippen LogP) is 2.46. The fourth-order valence-corrected chi connectivity index (χ4v) is 1.12. The van der Waals surface area contributed by atoms with E-state index in [1.54, 1.807) is 0 Å². The molecule has 0 saturated carbocycles. The van der Waals surface area contributed by atoms with Gasteiger partial charge in [0.25, 0.3) is 0 Å². The van der Waals surface area contributed by atoms with Crippen LogP contribution in [0.5, 0.6) is 0 Å². The zero-order valence-corrected chi connectivity index (χ0v) is 8.89. The van der Waals surface area contributed by atoms with E-state index in [9.17, 15) is 4.79 Å². The summed E-state index contributed by atoms with van der Waals surface area (Å²) in [6, 6.07) is 0. The van der Waals surface area contributed by atoms with Gasteiger partial charge >= 0.3 is 6.09 Å². The van der Waals surface area contributed by atoms with Gasteiger partial charge in [-0.05, 0) is 12.3 Å². The summed E-state index contributed by atoms with van der Waals surface area (Å²) in [7, 11) is 0. The molecule has 0 atom stereocenters. The maximum absolute atomic E-state index is 10.2.